The van der Waals surface area contributed by atoms with Crippen LogP contribution in [0.5, 0.6) is 11.5 Å². The Bertz CT molecular complexity index is 667. The van der Waals surface area contributed by atoms with Crippen molar-refractivity contribution in [2.75, 3.05) is 0 Å². The molecule has 0 saturated heterocycles. The monoisotopic (exact) mass is 422 g/mol. The van der Waals surface area contributed by atoms with Crippen molar-refractivity contribution in [1.29, 1.82) is 0 Å². The van der Waals surface area contributed by atoms with Gasteiger partial charge in [-0.1, -0.05) is 114 Å². The molecule has 3 rings (SSSR count). The van der Waals surface area contributed by atoms with Crippen molar-refractivity contribution < 1.29 is 10.2 Å². The van der Waals surface area contributed by atoms with E-state index in [0.29, 0.717) is 11.5 Å². The van der Waals surface area contributed by atoms with Crippen LogP contribution in [0.3, 0.4) is 0 Å². The van der Waals surface area contributed by atoms with Crippen LogP contribution in [0, 0.1) is 0 Å². The van der Waals surface area contributed by atoms with Crippen LogP contribution >= 0.6 is 0 Å². The number of hydrogen-bond donors (Lipinski definition) is 2. The molecule has 2 nitrogen and oxygen atoms in total. The van der Waals surface area contributed by atoms with Gasteiger partial charge in [0.05, 0.1) is 0 Å². The van der Waals surface area contributed by atoms with Gasteiger partial charge in [0.1, 0.15) is 11.5 Å². The minimum Gasteiger partial charge on any atom is -0.508 e. The molecule has 1 saturated carbocycles. The number of phenolic OH excluding ortho intramolecular Hbond substituents is 2. The molecule has 2 heteroatoms. The minimum atomic E-state index is -0.0463. The minimum absolute atomic E-state index is 0.0463. The molecule has 0 amide bonds. The molecule has 0 aliphatic heterocycles. The highest BCUT2D eigenvalue weighted by Crippen LogP contribution is 2.43. The van der Waals surface area contributed by atoms with Crippen LogP contribution in [0.4, 0.5) is 0 Å². The smallest absolute Gasteiger partial charge is 0.115 e. The van der Waals surface area contributed by atoms with Gasteiger partial charge in [0, 0.05) is 5.41 Å². The summed E-state index contributed by atoms with van der Waals surface area (Å²) in [4.78, 5) is 0. The summed E-state index contributed by atoms with van der Waals surface area (Å²) >= 11 is 0. The van der Waals surface area contributed by atoms with Crippen molar-refractivity contribution in [2.45, 2.75) is 108 Å². The molecule has 31 heavy (non-hydrogen) atoms. The van der Waals surface area contributed by atoms with Crippen molar-refractivity contribution >= 4 is 0 Å². The largest absolute Gasteiger partial charge is 0.508 e. The molecule has 170 valence electrons. The van der Waals surface area contributed by atoms with Crippen molar-refractivity contribution in [3.63, 3.8) is 0 Å². The number of benzene rings is 2. The van der Waals surface area contributed by atoms with Crippen LogP contribution in [-0.2, 0) is 5.41 Å². The van der Waals surface area contributed by atoms with Gasteiger partial charge in [0.15, 0.2) is 0 Å². The summed E-state index contributed by atoms with van der Waals surface area (Å²) in [5.74, 6) is 0.655. The molecule has 0 aromatic heterocycles. The molecule has 1 fully saturated rings. The van der Waals surface area contributed by atoms with Gasteiger partial charge in [-0.15, -0.1) is 0 Å². The molecular weight excluding hydrogens is 380 g/mol. The Hall–Kier alpha value is -1.96. The first-order valence-electron chi connectivity index (χ1n) is 12.8. The summed E-state index contributed by atoms with van der Waals surface area (Å²) in [6.07, 6.45) is 21.1. The lowest BCUT2D eigenvalue weighted by atomic mass is 9.68. The van der Waals surface area contributed by atoms with Gasteiger partial charge in [-0.05, 0) is 48.2 Å². The first-order valence-corrected chi connectivity index (χ1v) is 12.8. The lowest BCUT2D eigenvalue weighted by Crippen LogP contribution is -2.28. The Labute approximate surface area is 189 Å². The molecule has 2 aromatic rings. The second-order valence-corrected chi connectivity index (χ2v) is 9.63. The molecule has 2 aromatic carbocycles. The lowest BCUT2D eigenvalue weighted by Gasteiger charge is -2.36. The molecule has 2 N–H and O–H groups in total. The molecule has 0 bridgehead atoms. The Kier molecular flexibility index (Phi) is 9.78. The molecule has 0 unspecified atom stereocenters. The van der Waals surface area contributed by atoms with E-state index in [1.165, 1.54) is 101 Å². The summed E-state index contributed by atoms with van der Waals surface area (Å²) < 4.78 is 0. The van der Waals surface area contributed by atoms with Gasteiger partial charge in [0.2, 0.25) is 0 Å². The summed E-state index contributed by atoms with van der Waals surface area (Å²) in [6.45, 7) is 0. The van der Waals surface area contributed by atoms with Gasteiger partial charge in [-0.25, -0.2) is 0 Å². The van der Waals surface area contributed by atoms with E-state index in [0.717, 1.165) is 12.8 Å². The van der Waals surface area contributed by atoms with Gasteiger partial charge in [-0.3, -0.25) is 0 Å². The van der Waals surface area contributed by atoms with E-state index < -0.39 is 0 Å². The summed E-state index contributed by atoms with van der Waals surface area (Å²) in [5, 5.41) is 19.8. The van der Waals surface area contributed by atoms with Gasteiger partial charge in [0.25, 0.3) is 0 Å². The highest BCUT2D eigenvalue weighted by Gasteiger charge is 2.33. The van der Waals surface area contributed by atoms with Gasteiger partial charge in [-0.2, -0.15) is 0 Å². The van der Waals surface area contributed by atoms with Crippen LogP contribution in [0.25, 0.3) is 0 Å². The normalized spacial score (nSPS) is 20.0. The third-order valence-corrected chi connectivity index (χ3v) is 7.30. The van der Waals surface area contributed by atoms with Gasteiger partial charge < -0.3 is 10.2 Å². The number of hydrogen-bond acceptors (Lipinski definition) is 2. The zero-order valence-electron chi connectivity index (χ0n) is 19.3. The zero-order valence-corrected chi connectivity index (χ0v) is 19.3. The van der Waals surface area contributed by atoms with Crippen LogP contribution in [0.2, 0.25) is 0 Å². The predicted octanol–water partition coefficient (Wildman–Crippen LogP) is 8.64. The third kappa shape index (κ3) is 7.30. The molecule has 0 spiro atoms. The molecule has 1 aliphatic rings. The SMILES string of the molecule is Oc1ccc(C2(c3ccc(O)cc3)CCCCCCCCCCCCCCCC2)cc1. The average Bonchev–Trinajstić information content (AvgIpc) is 2.78. The number of aromatic hydroxyl groups is 2. The van der Waals surface area contributed by atoms with Crippen LogP contribution in [0.15, 0.2) is 48.5 Å². The second kappa shape index (κ2) is 12.8. The van der Waals surface area contributed by atoms with E-state index >= 15 is 0 Å². The Morgan fingerprint density at radius 1 is 0.387 bits per heavy atom. The molecular formula is C29H42O2. The summed E-state index contributed by atoms with van der Waals surface area (Å²) in [6, 6.07) is 15.8. The third-order valence-electron chi connectivity index (χ3n) is 7.30. The average molecular weight is 423 g/mol. The zero-order chi connectivity index (χ0) is 21.8. The summed E-state index contributed by atoms with van der Waals surface area (Å²) in [7, 11) is 0. The molecule has 0 atom stereocenters. The Morgan fingerprint density at radius 3 is 0.935 bits per heavy atom. The van der Waals surface area contributed by atoms with Crippen molar-refractivity contribution in [3.8, 4) is 11.5 Å². The van der Waals surface area contributed by atoms with Crippen LogP contribution in [0.1, 0.15) is 114 Å². The Balaban J connectivity index is 1.83. The highest BCUT2D eigenvalue weighted by atomic mass is 16.3. The van der Waals surface area contributed by atoms with E-state index in [1.807, 2.05) is 24.3 Å². The molecule has 0 heterocycles. The first kappa shape index (κ1) is 23.7. The molecule has 0 radical (unpaired) electrons. The topological polar surface area (TPSA) is 40.5 Å². The van der Waals surface area contributed by atoms with Crippen molar-refractivity contribution in [3.05, 3.63) is 59.7 Å². The maximum Gasteiger partial charge on any atom is 0.115 e. The van der Waals surface area contributed by atoms with Crippen LogP contribution < -0.4 is 0 Å². The van der Waals surface area contributed by atoms with E-state index in [1.54, 1.807) is 0 Å². The first-order chi connectivity index (χ1) is 15.2. The highest BCUT2D eigenvalue weighted by molar-refractivity contribution is 5.43. The number of rotatable bonds is 2. The fourth-order valence-electron chi connectivity index (χ4n) is 5.40. The van der Waals surface area contributed by atoms with Crippen LogP contribution in [-0.4, -0.2) is 10.2 Å². The van der Waals surface area contributed by atoms with Gasteiger partial charge >= 0.3 is 0 Å². The lowest BCUT2D eigenvalue weighted by molar-refractivity contribution is 0.389. The van der Waals surface area contributed by atoms with Crippen molar-refractivity contribution in [1.82, 2.24) is 0 Å². The number of phenols is 2. The fraction of sp³-hybridized carbons (Fsp3) is 0.586. The maximum absolute atomic E-state index is 9.89. The standard InChI is InChI=1S/C29H42O2/c30-27-19-15-25(16-20-27)29(26-17-21-28(31)22-18-26)23-13-11-9-7-5-3-1-2-4-6-8-10-12-14-24-29/h15-22,30-31H,1-14,23-24H2. The van der Waals surface area contributed by atoms with Crippen molar-refractivity contribution in [2.24, 2.45) is 0 Å². The maximum atomic E-state index is 9.89. The van der Waals surface area contributed by atoms with E-state index in [9.17, 15) is 10.2 Å². The fourth-order valence-corrected chi connectivity index (χ4v) is 5.40. The second-order valence-electron chi connectivity index (χ2n) is 9.63. The summed E-state index contributed by atoms with van der Waals surface area (Å²) in [5.41, 5.74) is 2.55. The predicted molar refractivity (Wildman–Crippen MR) is 131 cm³/mol. The quantitative estimate of drug-likeness (QED) is 0.508. The van der Waals surface area contributed by atoms with E-state index in [4.69, 9.17) is 0 Å². The molecule has 1 aliphatic carbocycles. The van der Waals surface area contributed by atoms with E-state index in [-0.39, 0.29) is 5.41 Å². The Morgan fingerprint density at radius 2 is 0.645 bits per heavy atom. The van der Waals surface area contributed by atoms with E-state index in [2.05, 4.69) is 24.3 Å².